The van der Waals surface area contributed by atoms with E-state index in [0.717, 1.165) is 4.90 Å². The van der Waals surface area contributed by atoms with Crippen LogP contribution in [0.4, 0.5) is 0 Å². The second-order valence-corrected chi connectivity index (χ2v) is 9.25. The Bertz CT molecular complexity index is 398. The lowest BCUT2D eigenvalue weighted by molar-refractivity contribution is 0.223. The topological polar surface area (TPSA) is 55.8 Å². The molecule has 1 aromatic carbocycles. The van der Waals surface area contributed by atoms with Crippen LogP contribution in [0.25, 0.3) is 0 Å². The second kappa shape index (κ2) is 6.73. The summed E-state index contributed by atoms with van der Waals surface area (Å²) >= 11 is 0. The molecule has 0 saturated heterocycles. The molecule has 4 nitrogen and oxygen atoms in total. The molecular weight excluding hydrogens is 271 g/mol. The first-order valence-electron chi connectivity index (χ1n) is 5.85. The molecule has 0 fully saturated rings. The predicted molar refractivity (Wildman–Crippen MR) is 76.6 cm³/mol. The van der Waals surface area contributed by atoms with Crippen LogP contribution in [0.5, 0.6) is 0 Å². The maximum atomic E-state index is 12.4. The summed E-state index contributed by atoms with van der Waals surface area (Å²) in [6, 6.07) is 9.24. The third-order valence-corrected chi connectivity index (χ3v) is 8.18. The van der Waals surface area contributed by atoms with E-state index in [1.165, 1.54) is 0 Å². The maximum Gasteiger partial charge on any atom is 0.341 e. The molecule has 1 N–H and O–H groups in total. The maximum absolute atomic E-state index is 12.4. The average molecular weight is 292 g/mol. The van der Waals surface area contributed by atoms with E-state index in [1.807, 2.05) is 30.3 Å². The Morgan fingerprint density at radius 2 is 1.67 bits per heavy atom. The van der Waals surface area contributed by atoms with Crippen molar-refractivity contribution in [3.63, 3.8) is 0 Å². The molecule has 0 spiro atoms. The minimum absolute atomic E-state index is 0.0334. The van der Waals surface area contributed by atoms with E-state index in [9.17, 15) is 9.12 Å². The summed E-state index contributed by atoms with van der Waals surface area (Å²) in [5.74, 6) is 0. The van der Waals surface area contributed by atoms with Gasteiger partial charge in [-0.25, -0.2) is 0 Å². The molecule has 6 heteroatoms. The van der Waals surface area contributed by atoms with Crippen LogP contribution >= 0.6 is 17.9 Å². The highest BCUT2D eigenvalue weighted by Crippen LogP contribution is 2.63. The first-order chi connectivity index (χ1) is 8.43. The number of hydrogen-bond acceptors (Lipinski definition) is 4. The van der Waals surface area contributed by atoms with Crippen molar-refractivity contribution >= 4 is 17.9 Å². The van der Waals surface area contributed by atoms with E-state index >= 15 is 0 Å². The minimum atomic E-state index is -3.22. The fraction of sp³-hybridized carbons (Fsp3) is 0.500. The number of hydrogen-bond donors (Lipinski definition) is 1. The zero-order valence-corrected chi connectivity index (χ0v) is 12.7. The highest BCUT2D eigenvalue weighted by molar-refractivity contribution is 8.31. The van der Waals surface area contributed by atoms with E-state index in [2.05, 4.69) is 0 Å². The van der Waals surface area contributed by atoms with Gasteiger partial charge >= 0.3 is 7.60 Å². The molecule has 0 heterocycles. The lowest BCUT2D eigenvalue weighted by atomic mass is 10.4. The minimum Gasteiger partial charge on any atom is -0.347 e. The van der Waals surface area contributed by atoms with Gasteiger partial charge in [0.05, 0.1) is 13.2 Å². The van der Waals surface area contributed by atoms with Crippen molar-refractivity contribution in [2.24, 2.45) is 0 Å². The van der Waals surface area contributed by atoms with Crippen molar-refractivity contribution in [2.75, 3.05) is 25.0 Å². The molecule has 0 aliphatic heterocycles. The quantitative estimate of drug-likeness (QED) is 0.766. The molecule has 0 aliphatic rings. The zero-order chi connectivity index (χ0) is 13.6. The second-order valence-electron chi connectivity index (χ2n) is 3.93. The Morgan fingerprint density at radius 3 is 2.11 bits per heavy atom. The summed E-state index contributed by atoms with van der Waals surface area (Å²) in [6.07, 6.45) is 1.70. The summed E-state index contributed by atoms with van der Waals surface area (Å²) in [4.78, 5) is 0.782. The van der Waals surface area contributed by atoms with Crippen LogP contribution in [0.3, 0.4) is 0 Å². The van der Waals surface area contributed by atoms with E-state index < -0.39 is 17.9 Å². The Morgan fingerprint density at radius 1 is 1.17 bits per heavy atom. The summed E-state index contributed by atoms with van der Waals surface area (Å²) in [7, 11) is -5.39. The van der Waals surface area contributed by atoms with E-state index in [4.69, 9.17) is 9.05 Å². The van der Waals surface area contributed by atoms with Gasteiger partial charge in [-0.3, -0.25) is 4.57 Å². The molecule has 0 radical (unpaired) electrons. The third-order valence-electron chi connectivity index (χ3n) is 2.31. The molecular formula is C12H21O4PS. The van der Waals surface area contributed by atoms with Gasteiger partial charge in [0.2, 0.25) is 0 Å². The van der Waals surface area contributed by atoms with Gasteiger partial charge in [-0.1, -0.05) is 18.2 Å². The van der Waals surface area contributed by atoms with Crippen molar-refractivity contribution in [1.82, 2.24) is 0 Å². The van der Waals surface area contributed by atoms with Crippen molar-refractivity contribution in [3.05, 3.63) is 30.3 Å². The molecule has 1 unspecified atom stereocenters. The Labute approximate surface area is 110 Å². The molecule has 1 atom stereocenters. The first kappa shape index (κ1) is 15.7. The first-order valence-corrected chi connectivity index (χ1v) is 9.74. The third kappa shape index (κ3) is 4.41. The van der Waals surface area contributed by atoms with Gasteiger partial charge in [0.15, 0.2) is 0 Å². The lowest BCUT2D eigenvalue weighted by Crippen LogP contribution is -2.08. The smallest absolute Gasteiger partial charge is 0.341 e. The van der Waals surface area contributed by atoms with Gasteiger partial charge in [-0.2, -0.15) is 0 Å². The van der Waals surface area contributed by atoms with Crippen LogP contribution in [-0.4, -0.2) is 29.5 Å². The molecule has 0 aliphatic carbocycles. The van der Waals surface area contributed by atoms with Gasteiger partial charge in [0, 0.05) is 4.90 Å². The summed E-state index contributed by atoms with van der Waals surface area (Å²) in [5, 5.41) is 0. The average Bonchev–Trinajstić information content (AvgIpc) is 2.29. The summed E-state index contributed by atoms with van der Waals surface area (Å²) < 4.78 is 33.4. The summed E-state index contributed by atoms with van der Waals surface area (Å²) in [6.45, 7) is 4.14. The van der Waals surface area contributed by atoms with Crippen molar-refractivity contribution in [3.8, 4) is 0 Å². The Balaban J connectivity index is 2.89. The molecule has 0 saturated carbocycles. The van der Waals surface area contributed by atoms with Gasteiger partial charge < -0.3 is 13.6 Å². The van der Waals surface area contributed by atoms with E-state index in [0.29, 0.717) is 13.2 Å². The van der Waals surface area contributed by atoms with Crippen LogP contribution in [0.2, 0.25) is 0 Å². The van der Waals surface area contributed by atoms with Gasteiger partial charge in [0.25, 0.3) is 0 Å². The molecule has 1 aromatic rings. The molecule has 104 valence electrons. The molecule has 1 rings (SSSR count). The monoisotopic (exact) mass is 292 g/mol. The zero-order valence-electron chi connectivity index (χ0n) is 11.0. The SMILES string of the molecule is CCOP(=O)(CS(C)(O)c1ccccc1)OCC. The highest BCUT2D eigenvalue weighted by Gasteiger charge is 2.33. The van der Waals surface area contributed by atoms with Crippen LogP contribution < -0.4 is 0 Å². The van der Waals surface area contributed by atoms with Crippen LogP contribution in [0, 0.1) is 0 Å². The van der Waals surface area contributed by atoms with Crippen LogP contribution in [0.15, 0.2) is 35.2 Å². The molecule has 0 bridgehead atoms. The molecule has 0 amide bonds. The standard InChI is InChI=1S/C12H21O4PS/c1-4-15-17(13,16-5-2)11-18(3,14)12-9-7-6-8-10-12/h6-10,14H,4-5,11H2,1-3H3. The van der Waals surface area contributed by atoms with Gasteiger partial charge in [0.1, 0.15) is 5.49 Å². The molecule has 18 heavy (non-hydrogen) atoms. The normalized spacial score (nSPS) is 17.1. The van der Waals surface area contributed by atoms with Crippen molar-refractivity contribution in [1.29, 1.82) is 0 Å². The molecule has 0 aromatic heterocycles. The van der Waals surface area contributed by atoms with E-state index in [-0.39, 0.29) is 5.49 Å². The fourth-order valence-electron chi connectivity index (χ4n) is 1.60. The van der Waals surface area contributed by atoms with E-state index in [1.54, 1.807) is 20.1 Å². The van der Waals surface area contributed by atoms with Crippen LogP contribution in [0.1, 0.15) is 13.8 Å². The van der Waals surface area contributed by atoms with Crippen molar-refractivity contribution < 1.29 is 18.2 Å². The van der Waals surface area contributed by atoms with Gasteiger partial charge in [-0.05, 0) is 32.2 Å². The predicted octanol–water partition coefficient (Wildman–Crippen LogP) is 4.18. The fourth-order valence-corrected chi connectivity index (χ4v) is 6.86. The Hall–Kier alpha value is -0.320. The largest absolute Gasteiger partial charge is 0.347 e. The lowest BCUT2D eigenvalue weighted by Gasteiger charge is -2.32. The summed E-state index contributed by atoms with van der Waals surface area (Å²) in [5.41, 5.74) is 0.0334. The van der Waals surface area contributed by atoms with Gasteiger partial charge in [-0.15, -0.1) is 10.3 Å². The number of benzene rings is 1. The highest BCUT2D eigenvalue weighted by atomic mass is 32.3. The van der Waals surface area contributed by atoms with Crippen LogP contribution in [-0.2, 0) is 13.6 Å². The Kier molecular flexibility index (Phi) is 5.89. The number of rotatable bonds is 7. The van der Waals surface area contributed by atoms with Crippen molar-refractivity contribution in [2.45, 2.75) is 18.7 Å².